The predicted octanol–water partition coefficient (Wildman–Crippen LogP) is 2.68. The highest BCUT2D eigenvalue weighted by Gasteiger charge is 2.21. The molecule has 0 radical (unpaired) electrons. The number of fused-ring (bicyclic) bond motifs is 1. The van der Waals surface area contributed by atoms with Crippen molar-refractivity contribution in [1.82, 2.24) is 0 Å². The molecule has 3 rings (SSSR count). The molecule has 0 aromatic heterocycles. The van der Waals surface area contributed by atoms with E-state index in [1.807, 2.05) is 13.0 Å². The zero-order chi connectivity index (χ0) is 18.7. The molecule has 0 atom stereocenters. The van der Waals surface area contributed by atoms with Gasteiger partial charge >= 0.3 is 0 Å². The van der Waals surface area contributed by atoms with Crippen molar-refractivity contribution in [2.75, 3.05) is 21.9 Å². The van der Waals surface area contributed by atoms with E-state index >= 15 is 0 Å². The van der Waals surface area contributed by atoms with Gasteiger partial charge in [0.05, 0.1) is 27.9 Å². The highest BCUT2D eigenvalue weighted by Crippen LogP contribution is 2.29. The van der Waals surface area contributed by atoms with E-state index in [4.69, 9.17) is 5.26 Å². The maximum Gasteiger partial charge on any atom is 0.261 e. The van der Waals surface area contributed by atoms with Gasteiger partial charge in [-0.15, -0.1) is 0 Å². The lowest BCUT2D eigenvalue weighted by Gasteiger charge is -2.18. The lowest BCUT2D eigenvalue weighted by molar-refractivity contribution is -0.116. The summed E-state index contributed by atoms with van der Waals surface area (Å²) in [6, 6.07) is 11.4. The third-order valence-electron chi connectivity index (χ3n) is 4.04. The second-order valence-electron chi connectivity index (χ2n) is 5.88. The highest BCUT2D eigenvalue weighted by molar-refractivity contribution is 7.92. The van der Waals surface area contributed by atoms with Crippen molar-refractivity contribution in [3.05, 3.63) is 47.5 Å². The number of aryl methyl sites for hydroxylation is 1. The molecule has 134 valence electrons. The van der Waals surface area contributed by atoms with E-state index in [-0.39, 0.29) is 10.8 Å². The Labute approximate surface area is 152 Å². The summed E-state index contributed by atoms with van der Waals surface area (Å²) in [4.78, 5) is 11.5. The van der Waals surface area contributed by atoms with Crippen LogP contribution in [0.25, 0.3) is 0 Å². The Morgan fingerprint density at radius 1 is 1.15 bits per heavy atom. The Kier molecular flexibility index (Phi) is 4.82. The average molecular weight is 370 g/mol. The molecule has 2 aromatic carbocycles. The summed E-state index contributed by atoms with van der Waals surface area (Å²) in [5.41, 5.74) is 2.69. The van der Waals surface area contributed by atoms with Crippen LogP contribution in [0.5, 0.6) is 0 Å². The van der Waals surface area contributed by atoms with Gasteiger partial charge in [-0.05, 0) is 55.3 Å². The first-order valence-electron chi connectivity index (χ1n) is 8.16. The van der Waals surface area contributed by atoms with Gasteiger partial charge in [-0.1, -0.05) is 0 Å². The van der Waals surface area contributed by atoms with Crippen molar-refractivity contribution < 1.29 is 13.2 Å². The Morgan fingerprint density at radius 3 is 2.69 bits per heavy atom. The molecule has 3 N–H and O–H groups in total. The fourth-order valence-corrected chi connectivity index (χ4v) is 3.89. The third-order valence-corrected chi connectivity index (χ3v) is 5.41. The zero-order valence-corrected chi connectivity index (χ0v) is 15.0. The number of carbonyl (C=O) groups excluding carboxylic acids is 1. The summed E-state index contributed by atoms with van der Waals surface area (Å²) in [7, 11) is -3.84. The van der Waals surface area contributed by atoms with Crippen LogP contribution in [0.15, 0.2) is 41.3 Å². The van der Waals surface area contributed by atoms with Gasteiger partial charge in [-0.25, -0.2) is 8.42 Å². The summed E-state index contributed by atoms with van der Waals surface area (Å²) in [6.07, 6.45) is 0.829. The van der Waals surface area contributed by atoms with Gasteiger partial charge in [0.25, 0.3) is 10.0 Å². The zero-order valence-electron chi connectivity index (χ0n) is 14.2. The Balaban J connectivity index is 1.95. The summed E-state index contributed by atoms with van der Waals surface area (Å²) < 4.78 is 28.1. The number of benzene rings is 2. The minimum atomic E-state index is -3.84. The van der Waals surface area contributed by atoms with Crippen LogP contribution < -0.4 is 15.4 Å². The number of anilines is 3. The van der Waals surface area contributed by atoms with Crippen LogP contribution in [-0.4, -0.2) is 20.9 Å². The molecule has 7 nitrogen and oxygen atoms in total. The van der Waals surface area contributed by atoms with Gasteiger partial charge in [-0.2, -0.15) is 5.26 Å². The largest absolute Gasteiger partial charge is 0.384 e. The molecule has 1 heterocycles. The molecule has 0 fully saturated rings. The molecule has 0 unspecified atom stereocenters. The molecule has 0 saturated heterocycles. The Morgan fingerprint density at radius 2 is 1.96 bits per heavy atom. The van der Waals surface area contributed by atoms with E-state index in [1.54, 1.807) is 24.3 Å². The van der Waals surface area contributed by atoms with E-state index < -0.39 is 10.0 Å². The number of nitrogens with zero attached hydrogens (tertiary/aromatic N) is 1. The normalized spacial score (nSPS) is 13.3. The van der Waals surface area contributed by atoms with E-state index in [2.05, 4.69) is 15.4 Å². The van der Waals surface area contributed by atoms with Crippen LogP contribution in [0.4, 0.5) is 17.1 Å². The number of rotatable bonds is 5. The molecule has 1 amide bonds. The third kappa shape index (κ3) is 3.63. The predicted molar refractivity (Wildman–Crippen MR) is 99.5 cm³/mol. The molecular formula is C18H18N4O3S. The van der Waals surface area contributed by atoms with Crippen molar-refractivity contribution in [3.63, 3.8) is 0 Å². The van der Waals surface area contributed by atoms with Gasteiger partial charge in [-0.3, -0.25) is 9.52 Å². The van der Waals surface area contributed by atoms with Gasteiger partial charge in [0.2, 0.25) is 5.91 Å². The number of sulfonamides is 1. The van der Waals surface area contributed by atoms with E-state index in [1.165, 1.54) is 12.1 Å². The molecular weight excluding hydrogens is 352 g/mol. The summed E-state index contributed by atoms with van der Waals surface area (Å²) >= 11 is 0. The van der Waals surface area contributed by atoms with Crippen LogP contribution in [0.1, 0.15) is 24.5 Å². The first kappa shape index (κ1) is 17.8. The van der Waals surface area contributed by atoms with E-state index in [0.29, 0.717) is 42.0 Å². The Hall–Kier alpha value is -3.05. The number of carbonyl (C=O) groups is 1. The smallest absolute Gasteiger partial charge is 0.261 e. The van der Waals surface area contributed by atoms with Crippen molar-refractivity contribution in [3.8, 4) is 6.07 Å². The molecule has 0 spiro atoms. The maximum atomic E-state index is 12.8. The van der Waals surface area contributed by atoms with Crippen molar-refractivity contribution in [2.24, 2.45) is 0 Å². The maximum absolute atomic E-state index is 12.8. The first-order chi connectivity index (χ1) is 12.4. The number of nitriles is 1. The first-order valence-corrected chi connectivity index (χ1v) is 9.65. The van der Waals surface area contributed by atoms with Crippen LogP contribution >= 0.6 is 0 Å². The van der Waals surface area contributed by atoms with Gasteiger partial charge < -0.3 is 10.6 Å². The van der Waals surface area contributed by atoms with Crippen LogP contribution in [0.3, 0.4) is 0 Å². The summed E-state index contributed by atoms with van der Waals surface area (Å²) in [6.45, 7) is 2.51. The standard InChI is InChI=1S/C18H18N4O3S/c1-2-20-16-6-3-12(11-19)9-17(16)22-26(24,25)14-5-7-15-13(10-14)4-8-18(23)21-15/h3,5-7,9-10,20,22H,2,4,8H2,1H3,(H,21,23). The van der Waals surface area contributed by atoms with E-state index in [9.17, 15) is 13.2 Å². The quantitative estimate of drug-likeness (QED) is 0.749. The van der Waals surface area contributed by atoms with Crippen molar-refractivity contribution >= 4 is 33.0 Å². The number of nitrogens with one attached hydrogen (secondary N) is 3. The van der Waals surface area contributed by atoms with E-state index in [0.717, 1.165) is 5.56 Å². The molecule has 1 aliphatic heterocycles. The molecule has 0 aliphatic carbocycles. The van der Waals surface area contributed by atoms with Crippen LogP contribution in [0.2, 0.25) is 0 Å². The summed E-state index contributed by atoms with van der Waals surface area (Å²) in [5, 5.41) is 14.9. The number of hydrogen-bond acceptors (Lipinski definition) is 5. The molecule has 1 aliphatic rings. The second kappa shape index (κ2) is 7.06. The van der Waals surface area contributed by atoms with Gasteiger partial charge in [0, 0.05) is 18.7 Å². The molecule has 8 heteroatoms. The SMILES string of the molecule is CCNc1ccc(C#N)cc1NS(=O)(=O)c1ccc2c(c1)CCC(=O)N2. The van der Waals surface area contributed by atoms with Crippen LogP contribution in [-0.2, 0) is 21.2 Å². The molecule has 0 saturated carbocycles. The summed E-state index contributed by atoms with van der Waals surface area (Å²) in [5.74, 6) is -0.0742. The lowest BCUT2D eigenvalue weighted by Crippen LogP contribution is -2.20. The lowest BCUT2D eigenvalue weighted by atomic mass is 10.0. The van der Waals surface area contributed by atoms with Crippen molar-refractivity contribution in [1.29, 1.82) is 5.26 Å². The highest BCUT2D eigenvalue weighted by atomic mass is 32.2. The average Bonchev–Trinajstić information content (AvgIpc) is 2.62. The fourth-order valence-electron chi connectivity index (χ4n) is 2.77. The molecule has 26 heavy (non-hydrogen) atoms. The minimum absolute atomic E-state index is 0.0742. The topological polar surface area (TPSA) is 111 Å². The second-order valence-corrected chi connectivity index (χ2v) is 7.56. The van der Waals surface area contributed by atoms with Gasteiger partial charge in [0.15, 0.2) is 0 Å². The molecule has 2 aromatic rings. The Bertz CT molecular complexity index is 1010. The van der Waals surface area contributed by atoms with Crippen LogP contribution in [0, 0.1) is 11.3 Å². The number of hydrogen-bond donors (Lipinski definition) is 3. The fraction of sp³-hybridized carbons (Fsp3) is 0.222. The monoisotopic (exact) mass is 370 g/mol. The van der Waals surface area contributed by atoms with Gasteiger partial charge in [0.1, 0.15) is 0 Å². The minimum Gasteiger partial charge on any atom is -0.384 e. The van der Waals surface area contributed by atoms with Crippen molar-refractivity contribution in [2.45, 2.75) is 24.7 Å². The number of amides is 1. The molecule has 0 bridgehead atoms.